The summed E-state index contributed by atoms with van der Waals surface area (Å²) in [7, 11) is 0. The molecule has 2 N–H and O–H groups in total. The summed E-state index contributed by atoms with van der Waals surface area (Å²) in [6, 6.07) is 3.06. The van der Waals surface area contributed by atoms with Crippen molar-refractivity contribution >= 4 is 11.6 Å². The third-order valence-electron chi connectivity index (χ3n) is 3.32. The Hall–Kier alpha value is -2.02. The first-order chi connectivity index (χ1) is 9.58. The molecule has 1 heterocycles. The first-order valence-electron chi connectivity index (χ1n) is 6.53. The molecule has 1 atom stereocenters. The van der Waals surface area contributed by atoms with Crippen LogP contribution in [-0.4, -0.2) is 30.0 Å². The minimum absolute atomic E-state index is 0.00657. The molecule has 7 heteroatoms. The van der Waals surface area contributed by atoms with Gasteiger partial charge in [-0.3, -0.25) is 14.9 Å². The molecule has 1 aromatic carbocycles. The second kappa shape index (κ2) is 6.42. The lowest BCUT2D eigenvalue weighted by molar-refractivity contribution is -0.385. The van der Waals surface area contributed by atoms with Crippen LogP contribution in [0.25, 0.3) is 0 Å². The number of carbonyl (C=O) groups excluding carboxylic acids is 1. The van der Waals surface area contributed by atoms with E-state index in [4.69, 9.17) is 0 Å². The Kier molecular flexibility index (Phi) is 4.62. The Morgan fingerprint density at radius 1 is 1.40 bits per heavy atom. The Bertz CT molecular complexity index is 514. The lowest BCUT2D eigenvalue weighted by Crippen LogP contribution is -2.35. The maximum Gasteiger partial charge on any atom is 0.272 e. The van der Waals surface area contributed by atoms with E-state index >= 15 is 0 Å². The van der Waals surface area contributed by atoms with Crippen LogP contribution in [0.1, 0.15) is 29.6 Å². The van der Waals surface area contributed by atoms with E-state index in [-0.39, 0.29) is 17.3 Å². The summed E-state index contributed by atoms with van der Waals surface area (Å²) in [5, 5.41) is 16.5. The van der Waals surface area contributed by atoms with Gasteiger partial charge in [-0.25, -0.2) is 4.39 Å². The highest BCUT2D eigenvalue weighted by atomic mass is 19.1. The Labute approximate surface area is 115 Å². The molecule has 2 rings (SSSR count). The zero-order valence-electron chi connectivity index (χ0n) is 10.9. The lowest BCUT2D eigenvalue weighted by atomic mass is 10.1. The number of nitro benzene ring substituents is 1. The average molecular weight is 281 g/mol. The number of hydrogen-bond donors (Lipinski definition) is 2. The second-order valence-electron chi connectivity index (χ2n) is 4.77. The predicted molar refractivity (Wildman–Crippen MR) is 71.0 cm³/mol. The quantitative estimate of drug-likeness (QED) is 0.651. The number of non-ortho nitro benzene ring substituents is 1. The van der Waals surface area contributed by atoms with Crippen molar-refractivity contribution in [2.75, 3.05) is 13.1 Å². The van der Waals surface area contributed by atoms with Gasteiger partial charge in [-0.2, -0.15) is 0 Å². The van der Waals surface area contributed by atoms with E-state index in [1.54, 1.807) is 0 Å². The summed E-state index contributed by atoms with van der Waals surface area (Å²) < 4.78 is 13.7. The highest BCUT2D eigenvalue weighted by Crippen LogP contribution is 2.17. The van der Waals surface area contributed by atoms with Crippen LogP contribution in [0.4, 0.5) is 10.1 Å². The van der Waals surface area contributed by atoms with E-state index in [2.05, 4.69) is 10.6 Å². The number of nitrogens with zero attached hydrogens (tertiary/aromatic N) is 1. The second-order valence-corrected chi connectivity index (χ2v) is 4.77. The molecule has 0 bridgehead atoms. The summed E-state index contributed by atoms with van der Waals surface area (Å²) in [5.74, 6) is -1.40. The molecule has 0 radical (unpaired) electrons. The summed E-state index contributed by atoms with van der Waals surface area (Å²) in [5.41, 5.74) is -0.523. The topological polar surface area (TPSA) is 84.3 Å². The SMILES string of the molecule is O=C(NC1CCCNCC1)c1ccc([N+](=O)[O-])cc1F. The van der Waals surface area contributed by atoms with E-state index in [0.29, 0.717) is 0 Å². The number of nitro groups is 1. The zero-order valence-corrected chi connectivity index (χ0v) is 10.9. The maximum absolute atomic E-state index is 13.7. The van der Waals surface area contributed by atoms with Gasteiger partial charge in [-0.05, 0) is 38.4 Å². The fourth-order valence-corrected chi connectivity index (χ4v) is 2.23. The zero-order chi connectivity index (χ0) is 14.5. The number of benzene rings is 1. The number of amides is 1. The van der Waals surface area contributed by atoms with Gasteiger partial charge in [0.15, 0.2) is 0 Å². The van der Waals surface area contributed by atoms with Crippen LogP contribution < -0.4 is 10.6 Å². The molecule has 1 unspecified atom stereocenters. The van der Waals surface area contributed by atoms with Crippen molar-refractivity contribution in [3.8, 4) is 0 Å². The summed E-state index contributed by atoms with van der Waals surface area (Å²) >= 11 is 0. The van der Waals surface area contributed by atoms with E-state index < -0.39 is 16.6 Å². The predicted octanol–water partition coefficient (Wildman–Crippen LogP) is 1.61. The van der Waals surface area contributed by atoms with Gasteiger partial charge in [0, 0.05) is 12.1 Å². The number of carbonyl (C=O) groups is 1. The van der Waals surface area contributed by atoms with Gasteiger partial charge in [-0.15, -0.1) is 0 Å². The maximum atomic E-state index is 13.7. The molecule has 1 saturated heterocycles. The Balaban J connectivity index is 2.06. The standard InChI is InChI=1S/C13H16FN3O3/c14-12-8-10(17(19)20)3-4-11(12)13(18)16-9-2-1-6-15-7-5-9/h3-4,8-9,15H,1-2,5-7H2,(H,16,18). The first kappa shape index (κ1) is 14.4. The summed E-state index contributed by atoms with van der Waals surface area (Å²) in [6.45, 7) is 1.73. The van der Waals surface area contributed by atoms with Crippen molar-refractivity contribution < 1.29 is 14.1 Å². The fourth-order valence-electron chi connectivity index (χ4n) is 2.23. The van der Waals surface area contributed by atoms with Crippen molar-refractivity contribution in [1.29, 1.82) is 0 Å². The molecule has 20 heavy (non-hydrogen) atoms. The third kappa shape index (κ3) is 3.51. The average Bonchev–Trinajstić information content (AvgIpc) is 2.67. The Morgan fingerprint density at radius 3 is 2.90 bits per heavy atom. The lowest BCUT2D eigenvalue weighted by Gasteiger charge is -2.16. The van der Waals surface area contributed by atoms with Gasteiger partial charge in [0.25, 0.3) is 11.6 Å². The van der Waals surface area contributed by atoms with Gasteiger partial charge in [0.2, 0.25) is 0 Å². The molecule has 0 saturated carbocycles. The number of halogens is 1. The van der Waals surface area contributed by atoms with E-state index in [1.165, 1.54) is 0 Å². The molecule has 1 aliphatic heterocycles. The van der Waals surface area contributed by atoms with Crippen LogP contribution >= 0.6 is 0 Å². The number of nitrogens with one attached hydrogen (secondary N) is 2. The molecule has 0 spiro atoms. The van der Waals surface area contributed by atoms with Crippen molar-refractivity contribution in [3.63, 3.8) is 0 Å². The van der Waals surface area contributed by atoms with E-state index in [0.717, 1.165) is 50.6 Å². The van der Waals surface area contributed by atoms with E-state index in [1.807, 2.05) is 0 Å². The van der Waals surface area contributed by atoms with Crippen LogP contribution in [0, 0.1) is 15.9 Å². The summed E-state index contributed by atoms with van der Waals surface area (Å²) in [6.07, 6.45) is 2.58. The van der Waals surface area contributed by atoms with Gasteiger partial charge in [0.05, 0.1) is 16.6 Å². The van der Waals surface area contributed by atoms with Crippen LogP contribution in [0.15, 0.2) is 18.2 Å². The van der Waals surface area contributed by atoms with Gasteiger partial charge < -0.3 is 10.6 Å². The minimum Gasteiger partial charge on any atom is -0.349 e. The number of rotatable bonds is 3. The Morgan fingerprint density at radius 2 is 2.20 bits per heavy atom. The fraction of sp³-hybridized carbons (Fsp3) is 0.462. The first-order valence-corrected chi connectivity index (χ1v) is 6.53. The molecule has 108 valence electrons. The number of hydrogen-bond acceptors (Lipinski definition) is 4. The van der Waals surface area contributed by atoms with E-state index in [9.17, 15) is 19.3 Å². The van der Waals surface area contributed by atoms with Crippen LogP contribution in [0.2, 0.25) is 0 Å². The smallest absolute Gasteiger partial charge is 0.272 e. The molecular formula is C13H16FN3O3. The van der Waals surface area contributed by atoms with Crippen LogP contribution in [0.3, 0.4) is 0 Å². The van der Waals surface area contributed by atoms with Crippen molar-refractivity contribution in [2.45, 2.75) is 25.3 Å². The van der Waals surface area contributed by atoms with Crippen molar-refractivity contribution in [1.82, 2.24) is 10.6 Å². The molecule has 0 aromatic heterocycles. The molecule has 6 nitrogen and oxygen atoms in total. The monoisotopic (exact) mass is 281 g/mol. The third-order valence-corrected chi connectivity index (χ3v) is 3.32. The highest BCUT2D eigenvalue weighted by molar-refractivity contribution is 5.94. The van der Waals surface area contributed by atoms with Crippen molar-refractivity contribution in [3.05, 3.63) is 39.7 Å². The van der Waals surface area contributed by atoms with Crippen molar-refractivity contribution in [2.24, 2.45) is 0 Å². The summed E-state index contributed by atoms with van der Waals surface area (Å²) in [4.78, 5) is 21.8. The van der Waals surface area contributed by atoms with Gasteiger partial charge in [0.1, 0.15) is 5.82 Å². The normalized spacial score (nSPS) is 19.1. The van der Waals surface area contributed by atoms with Crippen LogP contribution in [0.5, 0.6) is 0 Å². The molecule has 1 aromatic rings. The highest BCUT2D eigenvalue weighted by Gasteiger charge is 2.19. The van der Waals surface area contributed by atoms with Gasteiger partial charge in [-0.1, -0.05) is 0 Å². The molecule has 1 aliphatic rings. The molecule has 1 amide bonds. The van der Waals surface area contributed by atoms with Gasteiger partial charge >= 0.3 is 0 Å². The minimum atomic E-state index is -0.872. The molecule has 1 fully saturated rings. The molecule has 0 aliphatic carbocycles. The largest absolute Gasteiger partial charge is 0.349 e. The molecular weight excluding hydrogens is 265 g/mol. The van der Waals surface area contributed by atoms with Crippen LogP contribution in [-0.2, 0) is 0 Å².